The maximum Gasteiger partial charge on any atom is 0.175 e. The first-order chi connectivity index (χ1) is 7.16. The number of aromatic nitrogens is 2. The molecule has 1 aromatic heterocycles. The average molecular weight is 247 g/mol. The zero-order valence-corrected chi connectivity index (χ0v) is 9.89. The van der Waals surface area contributed by atoms with Crippen molar-refractivity contribution in [1.29, 1.82) is 0 Å². The molecule has 2 rings (SSSR count). The quantitative estimate of drug-likeness (QED) is 0.818. The summed E-state index contributed by atoms with van der Waals surface area (Å²) in [5, 5.41) is 11.6. The lowest BCUT2D eigenvalue weighted by Gasteiger charge is -2.33. The van der Waals surface area contributed by atoms with Gasteiger partial charge in [0.25, 0.3) is 0 Å². The second-order valence-corrected chi connectivity index (χ2v) is 4.39. The largest absolute Gasteiger partial charge is 0.366 e. The van der Waals surface area contributed by atoms with Gasteiger partial charge in [-0.1, -0.05) is 23.2 Å². The molecule has 1 saturated heterocycles. The van der Waals surface area contributed by atoms with E-state index in [0.717, 1.165) is 25.3 Å². The summed E-state index contributed by atoms with van der Waals surface area (Å²) in [6.07, 6.45) is 0. The zero-order valence-electron chi connectivity index (χ0n) is 8.37. The second kappa shape index (κ2) is 4.51. The molecular weight excluding hydrogens is 235 g/mol. The van der Waals surface area contributed by atoms with E-state index in [-0.39, 0.29) is 0 Å². The average Bonchev–Trinajstić information content (AvgIpc) is 2.22. The van der Waals surface area contributed by atoms with Crippen molar-refractivity contribution in [2.75, 3.05) is 24.5 Å². The summed E-state index contributed by atoms with van der Waals surface area (Å²) in [7, 11) is 0. The highest BCUT2D eigenvalue weighted by Gasteiger charge is 2.19. The van der Waals surface area contributed by atoms with Crippen LogP contribution in [0.4, 0.5) is 5.69 Å². The highest BCUT2D eigenvalue weighted by atomic mass is 35.5. The van der Waals surface area contributed by atoms with Crippen LogP contribution in [0.15, 0.2) is 6.07 Å². The SMILES string of the molecule is C[C@@H]1CN(c2cc(Cl)nnc2Cl)CCN1. The summed E-state index contributed by atoms with van der Waals surface area (Å²) >= 11 is 11.8. The molecule has 0 unspecified atom stereocenters. The number of halogens is 2. The molecule has 6 heteroatoms. The first-order valence-corrected chi connectivity index (χ1v) is 5.59. The van der Waals surface area contributed by atoms with E-state index >= 15 is 0 Å². The van der Waals surface area contributed by atoms with Gasteiger partial charge in [-0.2, -0.15) is 0 Å². The Labute approximate surface area is 98.6 Å². The minimum atomic E-state index is 0.376. The molecule has 15 heavy (non-hydrogen) atoms. The Hall–Kier alpha value is -0.580. The topological polar surface area (TPSA) is 41.1 Å². The Balaban J connectivity index is 2.24. The molecule has 1 aliphatic rings. The number of hydrogen-bond donors (Lipinski definition) is 1. The lowest BCUT2D eigenvalue weighted by molar-refractivity contribution is 0.484. The van der Waals surface area contributed by atoms with Crippen molar-refractivity contribution in [2.45, 2.75) is 13.0 Å². The molecular formula is C9H12Cl2N4. The first-order valence-electron chi connectivity index (χ1n) is 4.84. The lowest BCUT2D eigenvalue weighted by Crippen LogP contribution is -2.49. The molecule has 4 nitrogen and oxygen atoms in total. The zero-order chi connectivity index (χ0) is 10.8. The van der Waals surface area contributed by atoms with Crippen molar-refractivity contribution in [3.05, 3.63) is 16.4 Å². The Kier molecular flexibility index (Phi) is 3.29. The third-order valence-electron chi connectivity index (χ3n) is 2.41. The fraction of sp³-hybridized carbons (Fsp3) is 0.556. The molecule has 1 fully saturated rings. The number of nitrogens with one attached hydrogen (secondary N) is 1. The highest BCUT2D eigenvalue weighted by Crippen LogP contribution is 2.25. The summed E-state index contributed by atoms with van der Waals surface area (Å²) in [6, 6.07) is 2.20. The fourth-order valence-electron chi connectivity index (χ4n) is 1.72. The van der Waals surface area contributed by atoms with Crippen LogP contribution >= 0.6 is 23.2 Å². The van der Waals surface area contributed by atoms with E-state index < -0.39 is 0 Å². The van der Waals surface area contributed by atoms with Gasteiger partial charge < -0.3 is 10.2 Å². The molecule has 0 aromatic carbocycles. The minimum absolute atomic E-state index is 0.376. The van der Waals surface area contributed by atoms with Gasteiger partial charge in [0.2, 0.25) is 0 Å². The van der Waals surface area contributed by atoms with E-state index in [1.807, 2.05) is 0 Å². The molecule has 0 bridgehead atoms. The van der Waals surface area contributed by atoms with E-state index in [1.54, 1.807) is 6.07 Å². The van der Waals surface area contributed by atoms with Crippen LogP contribution in [-0.4, -0.2) is 35.9 Å². The molecule has 0 amide bonds. The number of piperazine rings is 1. The van der Waals surface area contributed by atoms with Crippen LogP contribution in [0.3, 0.4) is 0 Å². The van der Waals surface area contributed by atoms with E-state index in [0.29, 0.717) is 16.3 Å². The van der Waals surface area contributed by atoms with Crippen molar-refractivity contribution in [3.63, 3.8) is 0 Å². The summed E-state index contributed by atoms with van der Waals surface area (Å²) in [6.45, 7) is 4.89. The third kappa shape index (κ3) is 2.51. The Bertz CT molecular complexity index is 358. The van der Waals surface area contributed by atoms with Gasteiger partial charge in [-0.05, 0) is 6.92 Å². The number of rotatable bonds is 1. The van der Waals surface area contributed by atoms with Crippen molar-refractivity contribution in [3.8, 4) is 0 Å². The molecule has 2 heterocycles. The van der Waals surface area contributed by atoms with Gasteiger partial charge in [0.1, 0.15) is 0 Å². The lowest BCUT2D eigenvalue weighted by atomic mass is 10.2. The summed E-state index contributed by atoms with van der Waals surface area (Å²) < 4.78 is 0. The maximum absolute atomic E-state index is 5.98. The van der Waals surface area contributed by atoms with Crippen molar-refractivity contribution >= 4 is 28.9 Å². The van der Waals surface area contributed by atoms with Crippen LogP contribution in [0, 0.1) is 0 Å². The third-order valence-corrected chi connectivity index (χ3v) is 2.86. The summed E-state index contributed by atoms with van der Waals surface area (Å²) in [5.41, 5.74) is 0.866. The normalized spacial score (nSPS) is 21.8. The standard InChI is InChI=1S/C9H12Cl2N4/c1-6-5-15(3-2-12-6)7-4-8(10)13-14-9(7)11/h4,6,12H,2-3,5H2,1H3/t6-/m1/s1. The molecule has 0 saturated carbocycles. The van der Waals surface area contributed by atoms with Crippen LogP contribution in [0.5, 0.6) is 0 Å². The van der Waals surface area contributed by atoms with Crippen LogP contribution in [0.25, 0.3) is 0 Å². The van der Waals surface area contributed by atoms with Gasteiger partial charge in [0.15, 0.2) is 10.3 Å². The van der Waals surface area contributed by atoms with E-state index in [9.17, 15) is 0 Å². The Morgan fingerprint density at radius 2 is 2.27 bits per heavy atom. The number of anilines is 1. The number of nitrogens with zero attached hydrogens (tertiary/aromatic N) is 3. The number of hydrogen-bond acceptors (Lipinski definition) is 4. The predicted molar refractivity (Wildman–Crippen MR) is 61.7 cm³/mol. The van der Waals surface area contributed by atoms with Crippen LogP contribution in [0.1, 0.15) is 6.92 Å². The monoisotopic (exact) mass is 246 g/mol. The maximum atomic E-state index is 5.98. The predicted octanol–water partition coefficient (Wildman–Crippen LogP) is 1.58. The van der Waals surface area contributed by atoms with Crippen LogP contribution in [0.2, 0.25) is 10.3 Å². The Morgan fingerprint density at radius 3 is 3.00 bits per heavy atom. The van der Waals surface area contributed by atoms with Gasteiger partial charge >= 0.3 is 0 Å². The fourth-order valence-corrected chi connectivity index (χ4v) is 2.07. The van der Waals surface area contributed by atoms with Crippen molar-refractivity contribution in [1.82, 2.24) is 15.5 Å². The van der Waals surface area contributed by atoms with Crippen LogP contribution < -0.4 is 10.2 Å². The second-order valence-electron chi connectivity index (χ2n) is 3.64. The van der Waals surface area contributed by atoms with Crippen molar-refractivity contribution in [2.24, 2.45) is 0 Å². The van der Waals surface area contributed by atoms with E-state index in [1.165, 1.54) is 0 Å². The molecule has 0 radical (unpaired) electrons. The van der Waals surface area contributed by atoms with E-state index in [2.05, 4.69) is 27.3 Å². The molecule has 1 aromatic rings. The molecule has 0 spiro atoms. The van der Waals surface area contributed by atoms with Gasteiger partial charge in [0, 0.05) is 31.7 Å². The molecule has 1 N–H and O–H groups in total. The van der Waals surface area contributed by atoms with Crippen molar-refractivity contribution < 1.29 is 0 Å². The van der Waals surface area contributed by atoms with Gasteiger partial charge in [0.05, 0.1) is 5.69 Å². The summed E-state index contributed by atoms with van der Waals surface area (Å²) in [5.74, 6) is 0. The minimum Gasteiger partial charge on any atom is -0.366 e. The summed E-state index contributed by atoms with van der Waals surface area (Å²) in [4.78, 5) is 2.17. The highest BCUT2D eigenvalue weighted by molar-refractivity contribution is 6.33. The molecule has 1 aliphatic heterocycles. The smallest absolute Gasteiger partial charge is 0.175 e. The van der Waals surface area contributed by atoms with Gasteiger partial charge in [-0.3, -0.25) is 0 Å². The molecule has 82 valence electrons. The van der Waals surface area contributed by atoms with Crippen LogP contribution in [-0.2, 0) is 0 Å². The molecule has 1 atom stereocenters. The van der Waals surface area contributed by atoms with Gasteiger partial charge in [-0.25, -0.2) is 0 Å². The van der Waals surface area contributed by atoms with E-state index in [4.69, 9.17) is 23.2 Å². The van der Waals surface area contributed by atoms with Gasteiger partial charge in [-0.15, -0.1) is 10.2 Å². The Morgan fingerprint density at radius 1 is 1.47 bits per heavy atom. The molecule has 0 aliphatic carbocycles. The first kappa shape index (κ1) is 10.9.